The number of aliphatic imine (C=N–C) groups is 1. The van der Waals surface area contributed by atoms with Crippen molar-refractivity contribution in [3.8, 4) is 0 Å². The van der Waals surface area contributed by atoms with Crippen LogP contribution in [0.1, 0.15) is 46.5 Å². The average molecular weight is 381 g/mol. The van der Waals surface area contributed by atoms with Crippen LogP contribution in [-0.4, -0.2) is 31.5 Å². The van der Waals surface area contributed by atoms with Gasteiger partial charge in [0.05, 0.1) is 6.54 Å². The van der Waals surface area contributed by atoms with Gasteiger partial charge in [-0.1, -0.05) is 41.5 Å². The molecule has 150 valence electrons. The molecule has 0 aliphatic carbocycles. The van der Waals surface area contributed by atoms with Gasteiger partial charge in [0.25, 0.3) is 5.91 Å². The minimum atomic E-state index is -0.0493. The van der Waals surface area contributed by atoms with Gasteiger partial charge in [-0.3, -0.25) is 4.79 Å². The van der Waals surface area contributed by atoms with E-state index < -0.39 is 0 Å². The highest BCUT2D eigenvalue weighted by atomic mass is 16.1. The molecule has 2 aromatic rings. The molecule has 0 aliphatic rings. The zero-order chi connectivity index (χ0) is 20.4. The number of hydrogen-bond donors (Lipinski definition) is 3. The molecule has 1 amide bonds. The van der Waals surface area contributed by atoms with Crippen molar-refractivity contribution >= 4 is 11.9 Å². The number of carbonyl (C=O) groups is 1. The van der Waals surface area contributed by atoms with Crippen LogP contribution in [0.4, 0.5) is 0 Å². The van der Waals surface area contributed by atoms with Crippen LogP contribution in [0.25, 0.3) is 0 Å². The second-order valence-electron chi connectivity index (χ2n) is 6.93. The Hall–Kier alpha value is -2.82. The summed E-state index contributed by atoms with van der Waals surface area (Å²) in [7, 11) is 0. The van der Waals surface area contributed by atoms with Gasteiger partial charge < -0.3 is 16.0 Å². The van der Waals surface area contributed by atoms with E-state index in [0.717, 1.165) is 31.0 Å². The molecule has 28 heavy (non-hydrogen) atoms. The molecule has 0 aliphatic heterocycles. The fourth-order valence-corrected chi connectivity index (χ4v) is 3.12. The molecule has 0 saturated carbocycles. The Morgan fingerprint density at radius 3 is 2.29 bits per heavy atom. The molecule has 2 rings (SSSR count). The van der Waals surface area contributed by atoms with Crippen molar-refractivity contribution < 1.29 is 4.79 Å². The SMILES string of the molecule is CCNC(=O)c1cccc(CN=C(NCC)NCCc2cc(C)cc(C)c2)c1. The van der Waals surface area contributed by atoms with E-state index in [1.165, 1.54) is 16.7 Å². The predicted octanol–water partition coefficient (Wildman–Crippen LogP) is 3.35. The largest absolute Gasteiger partial charge is 0.357 e. The smallest absolute Gasteiger partial charge is 0.251 e. The molecule has 3 N–H and O–H groups in total. The Morgan fingerprint density at radius 1 is 0.893 bits per heavy atom. The van der Waals surface area contributed by atoms with Crippen molar-refractivity contribution in [2.75, 3.05) is 19.6 Å². The molecule has 0 radical (unpaired) electrons. The highest BCUT2D eigenvalue weighted by molar-refractivity contribution is 5.94. The molecule has 0 heterocycles. The number of carbonyl (C=O) groups excluding carboxylic acids is 1. The number of nitrogens with zero attached hydrogens (tertiary/aromatic N) is 1. The standard InChI is InChI=1S/C23H32N4O/c1-5-24-22(28)21-9-7-8-20(15-21)16-27-23(25-6-2)26-11-10-19-13-17(3)12-18(4)14-19/h7-9,12-15H,5-6,10-11,16H2,1-4H3,(H,24,28)(H2,25,26,27). The number of rotatable bonds is 8. The maximum atomic E-state index is 12.0. The lowest BCUT2D eigenvalue weighted by Crippen LogP contribution is -2.38. The van der Waals surface area contributed by atoms with Crippen molar-refractivity contribution in [1.82, 2.24) is 16.0 Å². The van der Waals surface area contributed by atoms with Crippen molar-refractivity contribution in [3.63, 3.8) is 0 Å². The number of nitrogens with one attached hydrogen (secondary N) is 3. The second-order valence-corrected chi connectivity index (χ2v) is 6.93. The van der Waals surface area contributed by atoms with Gasteiger partial charge >= 0.3 is 0 Å². The first-order valence-electron chi connectivity index (χ1n) is 9.98. The Labute approximate surface area is 168 Å². The maximum Gasteiger partial charge on any atom is 0.251 e. The minimum Gasteiger partial charge on any atom is -0.357 e. The van der Waals surface area contributed by atoms with Crippen LogP contribution in [0.3, 0.4) is 0 Å². The average Bonchev–Trinajstić information content (AvgIpc) is 2.66. The lowest BCUT2D eigenvalue weighted by Gasteiger charge is -2.12. The minimum absolute atomic E-state index is 0.0493. The van der Waals surface area contributed by atoms with Gasteiger partial charge in [0, 0.05) is 25.2 Å². The fraction of sp³-hybridized carbons (Fsp3) is 0.391. The third-order valence-corrected chi connectivity index (χ3v) is 4.28. The van der Waals surface area contributed by atoms with E-state index in [4.69, 9.17) is 0 Å². The van der Waals surface area contributed by atoms with Gasteiger partial charge in [-0.15, -0.1) is 0 Å². The van der Waals surface area contributed by atoms with E-state index in [2.05, 4.69) is 59.9 Å². The van der Waals surface area contributed by atoms with E-state index in [1.807, 2.05) is 31.2 Å². The van der Waals surface area contributed by atoms with Gasteiger partial charge in [0.15, 0.2) is 5.96 Å². The first-order valence-corrected chi connectivity index (χ1v) is 9.98. The Bertz CT molecular complexity index is 794. The number of guanidine groups is 1. The molecule has 5 heteroatoms. The third-order valence-electron chi connectivity index (χ3n) is 4.28. The molecule has 0 atom stereocenters. The molecular weight excluding hydrogens is 348 g/mol. The molecule has 0 saturated heterocycles. The lowest BCUT2D eigenvalue weighted by atomic mass is 10.1. The lowest BCUT2D eigenvalue weighted by molar-refractivity contribution is 0.0955. The van der Waals surface area contributed by atoms with Crippen LogP contribution < -0.4 is 16.0 Å². The monoisotopic (exact) mass is 380 g/mol. The topological polar surface area (TPSA) is 65.5 Å². The summed E-state index contributed by atoms with van der Waals surface area (Å²) < 4.78 is 0. The van der Waals surface area contributed by atoms with Crippen molar-refractivity contribution in [2.45, 2.75) is 40.7 Å². The Morgan fingerprint density at radius 2 is 1.61 bits per heavy atom. The van der Waals surface area contributed by atoms with Gasteiger partial charge in [-0.25, -0.2) is 4.99 Å². The summed E-state index contributed by atoms with van der Waals surface area (Å²) in [4.78, 5) is 16.6. The number of benzene rings is 2. The molecule has 0 spiro atoms. The van der Waals surface area contributed by atoms with Gasteiger partial charge in [-0.05, 0) is 57.4 Å². The molecular formula is C23H32N4O. The summed E-state index contributed by atoms with van der Waals surface area (Å²) in [5, 5.41) is 9.50. The summed E-state index contributed by atoms with van der Waals surface area (Å²) in [6.07, 6.45) is 0.944. The highest BCUT2D eigenvalue weighted by Crippen LogP contribution is 2.09. The van der Waals surface area contributed by atoms with Crippen LogP contribution in [0.15, 0.2) is 47.5 Å². The predicted molar refractivity (Wildman–Crippen MR) is 117 cm³/mol. The number of hydrogen-bond acceptors (Lipinski definition) is 2. The van der Waals surface area contributed by atoms with Crippen LogP contribution >= 0.6 is 0 Å². The highest BCUT2D eigenvalue weighted by Gasteiger charge is 2.05. The summed E-state index contributed by atoms with van der Waals surface area (Å²) >= 11 is 0. The van der Waals surface area contributed by atoms with Gasteiger partial charge in [-0.2, -0.15) is 0 Å². The van der Waals surface area contributed by atoms with Crippen LogP contribution in [0.2, 0.25) is 0 Å². The third kappa shape index (κ3) is 7.06. The Kier molecular flexibility index (Phi) is 8.53. The van der Waals surface area contributed by atoms with Crippen molar-refractivity contribution in [3.05, 3.63) is 70.3 Å². The maximum absolute atomic E-state index is 12.0. The van der Waals surface area contributed by atoms with E-state index >= 15 is 0 Å². The van der Waals surface area contributed by atoms with E-state index in [1.54, 1.807) is 0 Å². The number of amides is 1. The fourth-order valence-electron chi connectivity index (χ4n) is 3.12. The van der Waals surface area contributed by atoms with Gasteiger partial charge in [0.2, 0.25) is 0 Å². The van der Waals surface area contributed by atoms with E-state index in [9.17, 15) is 4.79 Å². The number of aryl methyl sites for hydroxylation is 2. The van der Waals surface area contributed by atoms with Crippen molar-refractivity contribution in [1.29, 1.82) is 0 Å². The summed E-state index contributed by atoms with van der Waals surface area (Å²) in [6, 6.07) is 14.3. The first kappa shape index (κ1) is 21.5. The van der Waals surface area contributed by atoms with Crippen LogP contribution in [-0.2, 0) is 13.0 Å². The normalized spacial score (nSPS) is 11.2. The van der Waals surface area contributed by atoms with E-state index in [0.29, 0.717) is 18.7 Å². The van der Waals surface area contributed by atoms with Gasteiger partial charge in [0.1, 0.15) is 0 Å². The molecule has 0 unspecified atom stereocenters. The summed E-state index contributed by atoms with van der Waals surface area (Å²) in [5.74, 6) is 0.738. The zero-order valence-corrected chi connectivity index (χ0v) is 17.4. The summed E-state index contributed by atoms with van der Waals surface area (Å²) in [6.45, 7) is 11.0. The second kappa shape index (κ2) is 11.1. The molecule has 0 bridgehead atoms. The molecule has 0 fully saturated rings. The van der Waals surface area contributed by atoms with E-state index in [-0.39, 0.29) is 5.91 Å². The molecule has 0 aromatic heterocycles. The molecule has 2 aromatic carbocycles. The summed E-state index contributed by atoms with van der Waals surface area (Å²) in [5.41, 5.74) is 5.60. The van der Waals surface area contributed by atoms with Crippen LogP contribution in [0.5, 0.6) is 0 Å². The van der Waals surface area contributed by atoms with Crippen LogP contribution in [0, 0.1) is 13.8 Å². The zero-order valence-electron chi connectivity index (χ0n) is 17.4. The quantitative estimate of drug-likeness (QED) is 0.486. The first-order chi connectivity index (χ1) is 13.5. The Balaban J connectivity index is 1.96. The van der Waals surface area contributed by atoms with Crippen molar-refractivity contribution in [2.24, 2.45) is 4.99 Å². The molecule has 5 nitrogen and oxygen atoms in total.